The Labute approximate surface area is 160 Å². The van der Waals surface area contributed by atoms with Gasteiger partial charge < -0.3 is 9.50 Å². The Morgan fingerprint density at radius 3 is 2.46 bits per heavy atom. The van der Waals surface area contributed by atoms with Gasteiger partial charge in [-0.05, 0) is 34.4 Å². The van der Waals surface area contributed by atoms with E-state index in [4.69, 9.17) is 0 Å². The minimum Gasteiger partial charge on any atom is -0.376 e. The zero-order valence-electron chi connectivity index (χ0n) is 14.5. The van der Waals surface area contributed by atoms with Gasteiger partial charge >= 0.3 is 15.6 Å². The number of halogens is 3. The second-order valence-corrected chi connectivity index (χ2v) is 8.06. The maximum Gasteiger partial charge on any atom is 0.534 e. The summed E-state index contributed by atoms with van der Waals surface area (Å²) in [6.07, 6.45) is 0.772. The van der Waals surface area contributed by atoms with Crippen molar-refractivity contribution in [3.8, 4) is 5.75 Å². The third-order valence-electron chi connectivity index (χ3n) is 4.81. The summed E-state index contributed by atoms with van der Waals surface area (Å²) in [4.78, 5) is 0. The molecular formula is C20H16F3NO3S. The lowest BCUT2D eigenvalue weighted by Gasteiger charge is -2.29. The van der Waals surface area contributed by atoms with Gasteiger partial charge in [-0.1, -0.05) is 54.6 Å². The summed E-state index contributed by atoms with van der Waals surface area (Å²) in [5.41, 5.74) is -3.19. The molecule has 4 nitrogen and oxygen atoms in total. The summed E-state index contributed by atoms with van der Waals surface area (Å²) >= 11 is 0. The van der Waals surface area contributed by atoms with E-state index in [1.807, 2.05) is 30.3 Å². The van der Waals surface area contributed by atoms with Crippen LogP contribution in [-0.4, -0.2) is 20.5 Å². The van der Waals surface area contributed by atoms with Crippen LogP contribution in [0.25, 0.3) is 10.8 Å². The highest BCUT2D eigenvalue weighted by molar-refractivity contribution is 7.88. The van der Waals surface area contributed by atoms with E-state index < -0.39 is 21.7 Å². The Kier molecular flexibility index (Phi) is 4.55. The van der Waals surface area contributed by atoms with Gasteiger partial charge in [0.15, 0.2) is 0 Å². The highest BCUT2D eigenvalue weighted by atomic mass is 32.2. The van der Waals surface area contributed by atoms with Crippen molar-refractivity contribution in [3.05, 3.63) is 77.4 Å². The molecular weight excluding hydrogens is 391 g/mol. The molecule has 3 aromatic rings. The highest BCUT2D eigenvalue weighted by Crippen LogP contribution is 2.40. The van der Waals surface area contributed by atoms with Gasteiger partial charge in [0.1, 0.15) is 5.75 Å². The van der Waals surface area contributed by atoms with Crippen LogP contribution in [-0.2, 0) is 16.5 Å². The minimum atomic E-state index is -5.79. The molecule has 0 fully saturated rings. The maximum atomic E-state index is 12.9. The van der Waals surface area contributed by atoms with Crippen molar-refractivity contribution in [2.24, 2.45) is 0 Å². The predicted molar refractivity (Wildman–Crippen MR) is 99.5 cm³/mol. The van der Waals surface area contributed by atoms with E-state index in [-0.39, 0.29) is 5.75 Å². The summed E-state index contributed by atoms with van der Waals surface area (Å²) < 4.78 is 66.7. The Balaban J connectivity index is 1.94. The number of alkyl halides is 3. The van der Waals surface area contributed by atoms with Crippen molar-refractivity contribution >= 4 is 20.9 Å². The van der Waals surface area contributed by atoms with Crippen LogP contribution >= 0.6 is 0 Å². The fraction of sp³-hybridized carbons (Fsp3) is 0.200. The first kappa shape index (κ1) is 18.8. The van der Waals surface area contributed by atoms with Crippen molar-refractivity contribution in [2.75, 3.05) is 6.54 Å². The van der Waals surface area contributed by atoms with E-state index in [9.17, 15) is 21.6 Å². The lowest BCUT2D eigenvalue weighted by atomic mass is 9.87. The van der Waals surface area contributed by atoms with Crippen molar-refractivity contribution in [1.29, 1.82) is 0 Å². The molecule has 0 aromatic heterocycles. The van der Waals surface area contributed by atoms with Crippen molar-refractivity contribution in [1.82, 2.24) is 5.32 Å². The van der Waals surface area contributed by atoms with E-state index in [0.717, 1.165) is 22.9 Å². The Morgan fingerprint density at radius 2 is 1.68 bits per heavy atom. The van der Waals surface area contributed by atoms with Crippen LogP contribution < -0.4 is 9.50 Å². The average molecular weight is 407 g/mol. The topological polar surface area (TPSA) is 55.4 Å². The Hall–Kier alpha value is -2.58. The standard InChI is InChI=1S/C20H16F3NO3S/c21-20(22,23)28(25,26)27-17-10-9-13-5-1-3-7-15(13)18(17)19-16-8-4-2-6-14(16)11-12-24-19/h1-10,19,24H,11-12H2. The largest absolute Gasteiger partial charge is 0.534 e. The Bertz CT molecular complexity index is 1140. The molecule has 1 aliphatic heterocycles. The summed E-state index contributed by atoms with van der Waals surface area (Å²) in [6, 6.07) is 17.0. The molecule has 28 heavy (non-hydrogen) atoms. The van der Waals surface area contributed by atoms with Crippen molar-refractivity contribution in [3.63, 3.8) is 0 Å². The van der Waals surface area contributed by atoms with E-state index in [2.05, 4.69) is 9.50 Å². The fourth-order valence-electron chi connectivity index (χ4n) is 3.57. The molecule has 1 aliphatic rings. The monoisotopic (exact) mass is 407 g/mol. The molecule has 0 amide bonds. The number of nitrogens with one attached hydrogen (secondary N) is 1. The third kappa shape index (κ3) is 3.22. The lowest BCUT2D eigenvalue weighted by molar-refractivity contribution is -0.0500. The second-order valence-electron chi connectivity index (χ2n) is 6.52. The van der Waals surface area contributed by atoms with Gasteiger partial charge in [0.05, 0.1) is 6.04 Å². The average Bonchev–Trinajstić information content (AvgIpc) is 2.66. The molecule has 1 heterocycles. The van der Waals surface area contributed by atoms with Crippen LogP contribution in [0.2, 0.25) is 0 Å². The predicted octanol–water partition coefficient (Wildman–Crippen LogP) is 4.30. The van der Waals surface area contributed by atoms with Gasteiger partial charge in [-0.25, -0.2) is 0 Å². The number of benzene rings is 3. The quantitative estimate of drug-likeness (QED) is 0.520. The smallest absolute Gasteiger partial charge is 0.376 e. The Morgan fingerprint density at radius 1 is 0.964 bits per heavy atom. The first-order chi connectivity index (χ1) is 13.3. The highest BCUT2D eigenvalue weighted by Gasteiger charge is 2.49. The van der Waals surface area contributed by atoms with Gasteiger partial charge in [0.2, 0.25) is 0 Å². The van der Waals surface area contributed by atoms with E-state index in [0.29, 0.717) is 17.5 Å². The molecule has 8 heteroatoms. The van der Waals surface area contributed by atoms with E-state index >= 15 is 0 Å². The molecule has 4 rings (SSSR count). The molecule has 1 unspecified atom stereocenters. The van der Waals surface area contributed by atoms with Crippen LogP contribution in [0.1, 0.15) is 22.7 Å². The van der Waals surface area contributed by atoms with Gasteiger partial charge in [-0.2, -0.15) is 21.6 Å². The van der Waals surface area contributed by atoms with Crippen molar-refractivity contribution in [2.45, 2.75) is 18.0 Å². The van der Waals surface area contributed by atoms with Crippen molar-refractivity contribution < 1.29 is 25.8 Å². The van der Waals surface area contributed by atoms with Crippen LogP contribution in [0.5, 0.6) is 5.75 Å². The molecule has 0 aliphatic carbocycles. The van der Waals surface area contributed by atoms with Gasteiger partial charge in [0, 0.05) is 12.1 Å². The fourth-order valence-corrected chi connectivity index (χ4v) is 4.05. The first-order valence-corrected chi connectivity index (χ1v) is 10.0. The molecule has 0 spiro atoms. The van der Waals surface area contributed by atoms with E-state index in [1.54, 1.807) is 24.3 Å². The number of rotatable bonds is 3. The minimum absolute atomic E-state index is 0.328. The maximum absolute atomic E-state index is 12.9. The zero-order chi connectivity index (χ0) is 19.9. The van der Waals surface area contributed by atoms with Crippen LogP contribution in [0.3, 0.4) is 0 Å². The molecule has 3 aromatic carbocycles. The van der Waals surface area contributed by atoms with Crippen LogP contribution in [0.4, 0.5) is 13.2 Å². The number of hydrogen-bond acceptors (Lipinski definition) is 4. The third-order valence-corrected chi connectivity index (χ3v) is 5.78. The second kappa shape index (κ2) is 6.79. The molecule has 0 radical (unpaired) electrons. The number of fused-ring (bicyclic) bond motifs is 2. The summed E-state index contributed by atoms with van der Waals surface area (Å²) in [7, 11) is -5.79. The number of hydrogen-bond donors (Lipinski definition) is 1. The zero-order valence-corrected chi connectivity index (χ0v) is 15.3. The first-order valence-electron chi connectivity index (χ1n) is 8.61. The SMILES string of the molecule is O=S(=O)(Oc1ccc2ccccc2c1C1NCCc2ccccc21)C(F)(F)F. The van der Waals surface area contributed by atoms with Gasteiger partial charge in [-0.15, -0.1) is 0 Å². The van der Waals surface area contributed by atoms with Crippen LogP contribution in [0, 0.1) is 0 Å². The van der Waals surface area contributed by atoms with E-state index in [1.165, 1.54) is 6.07 Å². The summed E-state index contributed by atoms with van der Waals surface area (Å²) in [5, 5.41) is 4.70. The summed E-state index contributed by atoms with van der Waals surface area (Å²) in [5.74, 6) is -0.328. The summed E-state index contributed by atoms with van der Waals surface area (Å²) in [6.45, 7) is 0.608. The lowest BCUT2D eigenvalue weighted by Crippen LogP contribution is -2.32. The molecule has 1 atom stereocenters. The van der Waals surface area contributed by atoms with Crippen LogP contribution in [0.15, 0.2) is 60.7 Å². The molecule has 0 saturated carbocycles. The molecule has 146 valence electrons. The molecule has 1 N–H and O–H groups in total. The van der Waals surface area contributed by atoms with Gasteiger partial charge in [-0.3, -0.25) is 0 Å². The van der Waals surface area contributed by atoms with Gasteiger partial charge in [0.25, 0.3) is 0 Å². The normalized spacial score (nSPS) is 17.3. The molecule has 0 bridgehead atoms. The molecule has 0 saturated heterocycles.